The Morgan fingerprint density at radius 3 is 2.55 bits per heavy atom. The molecule has 0 aromatic carbocycles. The summed E-state index contributed by atoms with van der Waals surface area (Å²) in [6, 6.07) is 6.47. The molecule has 1 amide bonds. The first kappa shape index (κ1) is 24.5. The Balaban J connectivity index is 1.34. The summed E-state index contributed by atoms with van der Waals surface area (Å²) < 4.78 is 2.12. The van der Waals surface area contributed by atoms with E-state index in [-0.39, 0.29) is 35.8 Å². The molecular weight excluding hydrogens is 550 g/mol. The number of piperidine rings is 1. The summed E-state index contributed by atoms with van der Waals surface area (Å²) in [6.45, 7) is 4.98. The van der Waals surface area contributed by atoms with Crippen molar-refractivity contribution in [1.29, 1.82) is 0 Å². The highest BCUT2D eigenvalue weighted by Crippen LogP contribution is 2.48. The highest BCUT2D eigenvalue weighted by molar-refractivity contribution is 9.10. The smallest absolute Gasteiger partial charge is 0.245 e. The van der Waals surface area contributed by atoms with E-state index >= 15 is 0 Å². The zero-order valence-electron chi connectivity index (χ0n) is 21.1. The van der Waals surface area contributed by atoms with Crippen LogP contribution in [0.15, 0.2) is 41.3 Å². The van der Waals surface area contributed by atoms with E-state index in [0.29, 0.717) is 50.8 Å². The summed E-state index contributed by atoms with van der Waals surface area (Å²) in [5.41, 5.74) is 3.18. The quantitative estimate of drug-likeness (QED) is 0.252. The highest BCUT2D eigenvalue weighted by atomic mass is 79.9. The second-order valence-electron chi connectivity index (χ2n) is 9.90. The summed E-state index contributed by atoms with van der Waals surface area (Å²) in [5, 5.41) is 5.15. The van der Waals surface area contributed by atoms with Gasteiger partial charge in [0.05, 0.1) is 22.9 Å². The number of hydrogen-bond acceptors (Lipinski definition) is 8. The molecule has 192 valence electrons. The van der Waals surface area contributed by atoms with Gasteiger partial charge in [0.15, 0.2) is 5.78 Å². The van der Waals surface area contributed by atoms with Crippen LogP contribution in [0.2, 0.25) is 0 Å². The van der Waals surface area contributed by atoms with Crippen LogP contribution < -0.4 is 0 Å². The molecule has 1 unspecified atom stereocenters. The largest absolute Gasteiger partial charge is 0.327 e. The lowest BCUT2D eigenvalue weighted by Gasteiger charge is -2.26. The van der Waals surface area contributed by atoms with Crippen molar-refractivity contribution in [2.24, 2.45) is 5.92 Å². The van der Waals surface area contributed by atoms with Crippen molar-refractivity contribution >= 4 is 44.3 Å². The topological polar surface area (TPSA) is 124 Å². The van der Waals surface area contributed by atoms with Crippen LogP contribution in [-0.2, 0) is 11.3 Å². The van der Waals surface area contributed by atoms with Crippen LogP contribution in [0.3, 0.4) is 0 Å². The molecule has 4 aromatic rings. The maximum atomic E-state index is 13.7. The van der Waals surface area contributed by atoms with Crippen LogP contribution in [0.1, 0.15) is 52.3 Å². The molecule has 3 atom stereocenters. The van der Waals surface area contributed by atoms with E-state index in [1.165, 1.54) is 6.92 Å². The molecule has 38 heavy (non-hydrogen) atoms. The van der Waals surface area contributed by atoms with Crippen LogP contribution in [0.5, 0.6) is 0 Å². The number of fused-ring (bicyclic) bond motifs is 2. The minimum absolute atomic E-state index is 0.0464. The van der Waals surface area contributed by atoms with E-state index in [4.69, 9.17) is 4.98 Å². The van der Waals surface area contributed by atoms with Crippen LogP contribution in [0, 0.1) is 19.8 Å². The molecule has 1 aliphatic carbocycles. The standard InChI is InChI=1S/C27H24BrN7O3/c1-13-26-18(9-20(31-13)17-10-29-15(3)30-11-17)25(14(2)36)33-34(26)12-24(37)35-21-7-16(21)8-22(35)27(38)19-5-4-6-23(28)32-19/h4-6,9-11,16,21-22H,7-8,12H2,1-3H3/t16-,21?,22+/m1/s1. The number of amides is 1. The molecule has 1 aliphatic heterocycles. The molecule has 6 rings (SSSR count). The van der Waals surface area contributed by atoms with E-state index in [1.54, 1.807) is 53.2 Å². The molecule has 4 aromatic heterocycles. The predicted octanol–water partition coefficient (Wildman–Crippen LogP) is 3.74. The number of likely N-dealkylation sites (tertiary alicyclic amines) is 1. The molecule has 0 radical (unpaired) electrons. The van der Waals surface area contributed by atoms with Crippen molar-refractivity contribution in [2.45, 2.75) is 52.2 Å². The van der Waals surface area contributed by atoms with Crippen LogP contribution >= 0.6 is 15.9 Å². The second-order valence-corrected chi connectivity index (χ2v) is 10.7. The average Bonchev–Trinajstić information content (AvgIpc) is 3.38. The molecule has 0 N–H and O–H groups in total. The SMILES string of the molecule is CC(=O)c1nn(CC(=O)N2C3C[C@@H]3C[C@H]2C(=O)c2cccc(Br)n2)c2c(C)nc(-c3cnc(C)nc3)cc12. The van der Waals surface area contributed by atoms with Crippen molar-refractivity contribution in [2.75, 3.05) is 0 Å². The van der Waals surface area contributed by atoms with Gasteiger partial charge in [-0.15, -0.1) is 0 Å². The summed E-state index contributed by atoms with van der Waals surface area (Å²) in [6.07, 6.45) is 4.90. The van der Waals surface area contributed by atoms with Gasteiger partial charge in [0.1, 0.15) is 28.4 Å². The van der Waals surface area contributed by atoms with Crippen molar-refractivity contribution < 1.29 is 14.4 Å². The van der Waals surface area contributed by atoms with Gasteiger partial charge in [-0.05, 0) is 66.7 Å². The number of Topliss-reactive ketones (excluding diaryl/α,β-unsaturated/α-hetero) is 2. The number of carbonyl (C=O) groups excluding carboxylic acids is 3. The number of nitrogens with zero attached hydrogens (tertiary/aromatic N) is 7. The normalized spacial score (nSPS) is 20.0. The van der Waals surface area contributed by atoms with Crippen LogP contribution in [0.4, 0.5) is 0 Å². The van der Waals surface area contributed by atoms with Gasteiger partial charge < -0.3 is 4.90 Å². The first-order valence-electron chi connectivity index (χ1n) is 12.4. The summed E-state index contributed by atoms with van der Waals surface area (Å²) in [7, 11) is 0. The number of ketones is 2. The Bertz CT molecular complexity index is 1630. The van der Waals surface area contributed by atoms with Gasteiger partial charge in [0.2, 0.25) is 11.7 Å². The second kappa shape index (κ2) is 9.16. The van der Waals surface area contributed by atoms with Gasteiger partial charge in [-0.3, -0.25) is 24.0 Å². The van der Waals surface area contributed by atoms with Crippen molar-refractivity contribution in [3.8, 4) is 11.3 Å². The lowest BCUT2D eigenvalue weighted by atomic mass is 10.0. The van der Waals surface area contributed by atoms with Gasteiger partial charge in [-0.25, -0.2) is 15.0 Å². The molecule has 1 saturated carbocycles. The number of hydrogen-bond donors (Lipinski definition) is 0. The van der Waals surface area contributed by atoms with E-state index in [1.807, 2.05) is 6.92 Å². The number of aryl methyl sites for hydroxylation is 2. The lowest BCUT2D eigenvalue weighted by molar-refractivity contribution is -0.133. The number of halogens is 1. The molecule has 0 bridgehead atoms. The first-order chi connectivity index (χ1) is 18.2. The lowest BCUT2D eigenvalue weighted by Crippen LogP contribution is -2.45. The zero-order valence-corrected chi connectivity index (χ0v) is 22.6. The minimum atomic E-state index is -0.561. The maximum Gasteiger partial charge on any atom is 0.245 e. The molecule has 5 heterocycles. The molecule has 0 spiro atoms. The van der Waals surface area contributed by atoms with Gasteiger partial charge in [-0.2, -0.15) is 5.10 Å². The Labute approximate surface area is 226 Å². The molecule has 2 aliphatic rings. The third-order valence-electron chi connectivity index (χ3n) is 7.26. The van der Waals surface area contributed by atoms with Gasteiger partial charge in [-0.1, -0.05) is 6.07 Å². The van der Waals surface area contributed by atoms with Crippen molar-refractivity contribution in [1.82, 2.24) is 34.6 Å². The van der Waals surface area contributed by atoms with E-state index in [2.05, 4.69) is 36.0 Å². The molecule has 11 heteroatoms. The average molecular weight is 574 g/mol. The summed E-state index contributed by atoms with van der Waals surface area (Å²) in [5.74, 6) is 0.386. The fourth-order valence-electron chi connectivity index (χ4n) is 5.42. The molecule has 10 nitrogen and oxygen atoms in total. The number of carbonyl (C=O) groups is 3. The molecular formula is C27H24BrN7O3. The zero-order chi connectivity index (χ0) is 26.7. The Morgan fingerprint density at radius 1 is 1.08 bits per heavy atom. The van der Waals surface area contributed by atoms with E-state index in [0.717, 1.165) is 12.0 Å². The van der Waals surface area contributed by atoms with Gasteiger partial charge >= 0.3 is 0 Å². The van der Waals surface area contributed by atoms with Crippen LogP contribution in [-0.4, -0.2) is 64.2 Å². The molecule has 1 saturated heterocycles. The maximum absolute atomic E-state index is 13.7. The number of rotatable bonds is 6. The Hall–Kier alpha value is -3.86. The predicted molar refractivity (Wildman–Crippen MR) is 141 cm³/mol. The van der Waals surface area contributed by atoms with Gasteiger partial charge in [0.25, 0.3) is 0 Å². The van der Waals surface area contributed by atoms with Crippen LogP contribution in [0.25, 0.3) is 22.2 Å². The molecule has 2 fully saturated rings. The third-order valence-corrected chi connectivity index (χ3v) is 7.70. The minimum Gasteiger partial charge on any atom is -0.327 e. The first-order valence-corrected chi connectivity index (χ1v) is 13.2. The number of aromatic nitrogens is 6. The monoisotopic (exact) mass is 573 g/mol. The number of pyridine rings is 2. The fraction of sp³-hybridized carbons (Fsp3) is 0.333. The fourth-order valence-corrected chi connectivity index (χ4v) is 5.76. The van der Waals surface area contributed by atoms with E-state index in [9.17, 15) is 14.4 Å². The summed E-state index contributed by atoms with van der Waals surface area (Å²) in [4.78, 5) is 58.7. The summed E-state index contributed by atoms with van der Waals surface area (Å²) >= 11 is 3.32. The van der Waals surface area contributed by atoms with Crippen molar-refractivity contribution in [3.63, 3.8) is 0 Å². The highest BCUT2D eigenvalue weighted by Gasteiger charge is 2.56. The van der Waals surface area contributed by atoms with Gasteiger partial charge in [0, 0.05) is 36.3 Å². The Kier molecular flexibility index (Phi) is 5.90. The third kappa shape index (κ3) is 4.20. The van der Waals surface area contributed by atoms with Crippen molar-refractivity contribution in [3.05, 3.63) is 64.2 Å². The van der Waals surface area contributed by atoms with E-state index < -0.39 is 6.04 Å². The Morgan fingerprint density at radius 2 is 1.84 bits per heavy atom.